The number of nitrogens with one attached hydrogen (secondary N) is 2. The van der Waals surface area contributed by atoms with Gasteiger partial charge in [0.05, 0.1) is 17.0 Å². The number of hydrogen-bond acceptors (Lipinski definition) is 5. The van der Waals surface area contributed by atoms with Crippen LogP contribution >= 0.6 is 0 Å². The number of sulfonamides is 1. The van der Waals surface area contributed by atoms with Crippen LogP contribution in [0.25, 0.3) is 0 Å². The van der Waals surface area contributed by atoms with Crippen LogP contribution in [0.1, 0.15) is 27.6 Å². The summed E-state index contributed by atoms with van der Waals surface area (Å²) < 4.78 is 31.3. The van der Waals surface area contributed by atoms with Crippen molar-refractivity contribution in [2.24, 2.45) is 0 Å². The van der Waals surface area contributed by atoms with Gasteiger partial charge in [0.15, 0.2) is 0 Å². The van der Waals surface area contributed by atoms with Gasteiger partial charge in [0.25, 0.3) is 5.91 Å². The SMILES string of the molecule is C#CCNS(=O)(=O)c1ccc(C(=O)Oc2ccc(C(=O)NCC)cc2)cc1. The summed E-state index contributed by atoms with van der Waals surface area (Å²) in [6.07, 6.45) is 5.03. The first-order chi connectivity index (χ1) is 12.9. The van der Waals surface area contributed by atoms with Gasteiger partial charge in [0.1, 0.15) is 5.75 Å². The van der Waals surface area contributed by atoms with Gasteiger partial charge in [-0.2, -0.15) is 4.72 Å². The number of ether oxygens (including phenoxy) is 1. The highest BCUT2D eigenvalue weighted by Crippen LogP contribution is 2.16. The predicted molar refractivity (Wildman–Crippen MR) is 99.9 cm³/mol. The van der Waals surface area contributed by atoms with Gasteiger partial charge in [-0.05, 0) is 55.5 Å². The van der Waals surface area contributed by atoms with E-state index in [1.807, 2.05) is 6.92 Å². The van der Waals surface area contributed by atoms with Gasteiger partial charge >= 0.3 is 5.97 Å². The third kappa shape index (κ3) is 5.41. The molecule has 0 saturated heterocycles. The van der Waals surface area contributed by atoms with Gasteiger partial charge in [0.2, 0.25) is 10.0 Å². The Balaban J connectivity index is 2.06. The van der Waals surface area contributed by atoms with Crippen molar-refractivity contribution in [3.63, 3.8) is 0 Å². The van der Waals surface area contributed by atoms with Crippen LogP contribution in [0.4, 0.5) is 0 Å². The van der Waals surface area contributed by atoms with Crippen molar-refractivity contribution in [1.29, 1.82) is 0 Å². The van der Waals surface area contributed by atoms with Crippen molar-refractivity contribution < 1.29 is 22.7 Å². The number of rotatable bonds is 7. The fraction of sp³-hybridized carbons (Fsp3) is 0.158. The fourth-order valence-corrected chi connectivity index (χ4v) is 3.03. The Morgan fingerprint density at radius 1 is 1.04 bits per heavy atom. The molecule has 0 spiro atoms. The lowest BCUT2D eigenvalue weighted by molar-refractivity contribution is 0.0734. The number of terminal acetylenes is 1. The van der Waals surface area contributed by atoms with Crippen LogP contribution in [0.5, 0.6) is 5.75 Å². The number of amides is 1. The van der Waals surface area contributed by atoms with E-state index < -0.39 is 16.0 Å². The predicted octanol–water partition coefficient (Wildman–Crippen LogP) is 1.57. The number of esters is 1. The van der Waals surface area contributed by atoms with Crippen LogP contribution < -0.4 is 14.8 Å². The van der Waals surface area contributed by atoms with Gasteiger partial charge in [-0.15, -0.1) is 6.42 Å². The summed E-state index contributed by atoms with van der Waals surface area (Å²) in [6, 6.07) is 11.4. The zero-order valence-electron chi connectivity index (χ0n) is 14.6. The van der Waals surface area contributed by atoms with Crippen LogP contribution in [0.2, 0.25) is 0 Å². The van der Waals surface area contributed by atoms with Gasteiger partial charge in [-0.3, -0.25) is 4.79 Å². The first kappa shape index (κ1) is 20.2. The maximum Gasteiger partial charge on any atom is 0.343 e. The van der Waals surface area contributed by atoms with Crippen molar-refractivity contribution in [3.05, 3.63) is 59.7 Å². The molecule has 0 radical (unpaired) electrons. The Labute approximate surface area is 157 Å². The van der Waals surface area contributed by atoms with Crippen LogP contribution in [0.3, 0.4) is 0 Å². The van der Waals surface area contributed by atoms with Gasteiger partial charge in [0, 0.05) is 12.1 Å². The highest BCUT2D eigenvalue weighted by atomic mass is 32.2. The molecule has 0 aliphatic heterocycles. The summed E-state index contributed by atoms with van der Waals surface area (Å²) in [5.74, 6) is 1.57. The molecule has 27 heavy (non-hydrogen) atoms. The lowest BCUT2D eigenvalue weighted by atomic mass is 10.2. The summed E-state index contributed by atoms with van der Waals surface area (Å²) in [5.41, 5.74) is 0.629. The van der Waals surface area contributed by atoms with Crippen molar-refractivity contribution in [1.82, 2.24) is 10.0 Å². The second-order valence-corrected chi connectivity index (χ2v) is 7.09. The Hall–Kier alpha value is -3.15. The third-order valence-corrected chi connectivity index (χ3v) is 4.85. The first-order valence-corrected chi connectivity index (χ1v) is 9.49. The summed E-state index contributed by atoms with van der Waals surface area (Å²) in [6.45, 7) is 2.20. The molecule has 2 N–H and O–H groups in total. The van der Waals surface area contributed by atoms with Crippen LogP contribution in [0.15, 0.2) is 53.4 Å². The zero-order valence-corrected chi connectivity index (χ0v) is 15.4. The first-order valence-electron chi connectivity index (χ1n) is 8.01. The molecule has 2 aromatic carbocycles. The third-order valence-electron chi connectivity index (χ3n) is 3.43. The van der Waals surface area contributed by atoms with Crippen molar-refractivity contribution in [2.75, 3.05) is 13.1 Å². The molecule has 7 nitrogen and oxygen atoms in total. The topological polar surface area (TPSA) is 102 Å². The lowest BCUT2D eigenvalue weighted by Gasteiger charge is -2.07. The number of benzene rings is 2. The maximum atomic E-state index is 12.2. The second kappa shape index (κ2) is 8.98. The van der Waals surface area contributed by atoms with E-state index in [-0.39, 0.29) is 28.7 Å². The van der Waals surface area contributed by atoms with E-state index in [0.717, 1.165) is 0 Å². The minimum absolute atomic E-state index is 0.0133. The molecule has 8 heteroatoms. The molecule has 0 aliphatic rings. The summed E-state index contributed by atoms with van der Waals surface area (Å²) in [5, 5.41) is 2.67. The summed E-state index contributed by atoms with van der Waals surface area (Å²) >= 11 is 0. The quantitative estimate of drug-likeness (QED) is 0.427. The zero-order chi connectivity index (χ0) is 19.9. The van der Waals surface area contributed by atoms with Crippen molar-refractivity contribution >= 4 is 21.9 Å². The standard InChI is InChI=1S/C19H18N2O5S/c1-3-13-21-27(24,25)17-11-7-15(8-12-17)19(23)26-16-9-5-14(6-10-16)18(22)20-4-2/h1,5-12,21H,4,13H2,2H3,(H,20,22). The highest BCUT2D eigenvalue weighted by Gasteiger charge is 2.15. The summed E-state index contributed by atoms with van der Waals surface area (Å²) in [7, 11) is -3.72. The van der Waals surface area contributed by atoms with E-state index in [9.17, 15) is 18.0 Å². The molecule has 0 aliphatic carbocycles. The molecule has 0 heterocycles. The molecular weight excluding hydrogens is 368 g/mol. The molecule has 0 bridgehead atoms. The molecule has 2 rings (SSSR count). The maximum absolute atomic E-state index is 12.2. The molecule has 1 amide bonds. The molecule has 140 valence electrons. The average molecular weight is 386 g/mol. The monoisotopic (exact) mass is 386 g/mol. The van der Waals surface area contributed by atoms with E-state index in [1.165, 1.54) is 36.4 Å². The molecule has 0 fully saturated rings. The number of hydrogen-bond donors (Lipinski definition) is 2. The lowest BCUT2D eigenvalue weighted by Crippen LogP contribution is -2.24. The Morgan fingerprint density at radius 3 is 2.19 bits per heavy atom. The second-order valence-electron chi connectivity index (χ2n) is 5.33. The van der Waals surface area contributed by atoms with Gasteiger partial charge in [-0.25, -0.2) is 13.2 Å². The van der Waals surface area contributed by atoms with E-state index in [0.29, 0.717) is 12.1 Å². The largest absolute Gasteiger partial charge is 0.423 e. The van der Waals surface area contributed by atoms with Gasteiger partial charge < -0.3 is 10.1 Å². The number of carbonyl (C=O) groups is 2. The van der Waals surface area contributed by atoms with Crippen LogP contribution in [-0.2, 0) is 10.0 Å². The molecule has 0 saturated carbocycles. The van der Waals surface area contributed by atoms with E-state index in [2.05, 4.69) is 16.0 Å². The smallest absolute Gasteiger partial charge is 0.343 e. The Bertz CT molecular complexity index is 959. The Kier molecular flexibility index (Phi) is 6.71. The Morgan fingerprint density at radius 2 is 1.63 bits per heavy atom. The molecular formula is C19H18N2O5S. The minimum atomic E-state index is -3.72. The fourth-order valence-electron chi connectivity index (χ4n) is 2.09. The van der Waals surface area contributed by atoms with Crippen LogP contribution in [-0.4, -0.2) is 33.4 Å². The normalized spacial score (nSPS) is 10.7. The average Bonchev–Trinajstić information content (AvgIpc) is 2.67. The summed E-state index contributed by atoms with van der Waals surface area (Å²) in [4.78, 5) is 23.9. The molecule has 0 aromatic heterocycles. The van der Waals surface area contributed by atoms with Gasteiger partial charge in [-0.1, -0.05) is 5.92 Å². The molecule has 0 atom stereocenters. The van der Waals surface area contributed by atoms with E-state index >= 15 is 0 Å². The van der Waals surface area contributed by atoms with Crippen molar-refractivity contribution in [3.8, 4) is 18.1 Å². The number of carbonyl (C=O) groups excluding carboxylic acids is 2. The van der Waals surface area contributed by atoms with E-state index in [1.54, 1.807) is 12.1 Å². The van der Waals surface area contributed by atoms with Crippen LogP contribution in [0, 0.1) is 12.3 Å². The molecule has 0 unspecified atom stereocenters. The minimum Gasteiger partial charge on any atom is -0.423 e. The van der Waals surface area contributed by atoms with E-state index in [4.69, 9.17) is 11.2 Å². The molecule has 2 aromatic rings. The van der Waals surface area contributed by atoms with Crippen molar-refractivity contribution in [2.45, 2.75) is 11.8 Å². The highest BCUT2D eigenvalue weighted by molar-refractivity contribution is 7.89.